The molecular formula is C20H28. The Bertz CT molecular complexity index is 512. The van der Waals surface area contributed by atoms with Gasteiger partial charge in [0.25, 0.3) is 0 Å². The molecule has 1 atom stereocenters. The summed E-state index contributed by atoms with van der Waals surface area (Å²) >= 11 is 0. The number of benzene rings is 2. The first-order valence-electron chi connectivity index (χ1n) is 8.33. The van der Waals surface area contributed by atoms with Gasteiger partial charge < -0.3 is 0 Å². The summed E-state index contributed by atoms with van der Waals surface area (Å²) in [7, 11) is 0. The summed E-state index contributed by atoms with van der Waals surface area (Å²) in [6.45, 7) is 4.61. The van der Waals surface area contributed by atoms with Gasteiger partial charge in [0.05, 0.1) is 0 Å². The topological polar surface area (TPSA) is 0 Å². The highest BCUT2D eigenvalue weighted by Crippen LogP contribution is 2.28. The summed E-state index contributed by atoms with van der Waals surface area (Å²) in [5.74, 6) is 0.737. The zero-order chi connectivity index (χ0) is 14.2. The van der Waals surface area contributed by atoms with E-state index in [1.165, 1.54) is 61.3 Å². The van der Waals surface area contributed by atoms with Crippen molar-refractivity contribution >= 4 is 10.8 Å². The molecule has 0 aliphatic rings. The second kappa shape index (κ2) is 8.09. The molecule has 2 aromatic rings. The van der Waals surface area contributed by atoms with Gasteiger partial charge in [-0.2, -0.15) is 0 Å². The Hall–Kier alpha value is -1.30. The molecule has 0 N–H and O–H groups in total. The van der Waals surface area contributed by atoms with E-state index in [1.807, 2.05) is 0 Å². The van der Waals surface area contributed by atoms with Crippen LogP contribution in [0.5, 0.6) is 0 Å². The van der Waals surface area contributed by atoms with Crippen molar-refractivity contribution in [2.75, 3.05) is 0 Å². The molecule has 1 unspecified atom stereocenters. The minimum Gasteiger partial charge on any atom is -0.0654 e. The summed E-state index contributed by atoms with van der Waals surface area (Å²) in [5, 5.41) is 2.74. The quantitative estimate of drug-likeness (QED) is 0.468. The van der Waals surface area contributed by atoms with E-state index in [-0.39, 0.29) is 0 Å². The van der Waals surface area contributed by atoms with Gasteiger partial charge >= 0.3 is 0 Å². The Kier molecular flexibility index (Phi) is 6.11. The van der Waals surface area contributed by atoms with Crippen molar-refractivity contribution in [1.82, 2.24) is 0 Å². The molecule has 0 amide bonds. The molecule has 0 heterocycles. The van der Waals surface area contributed by atoms with Gasteiger partial charge in [0.1, 0.15) is 0 Å². The molecule has 20 heavy (non-hydrogen) atoms. The predicted octanol–water partition coefficient (Wildman–Crippen LogP) is 6.69. The lowest BCUT2D eigenvalue weighted by Gasteiger charge is -2.16. The molecular weight excluding hydrogens is 240 g/mol. The van der Waals surface area contributed by atoms with Crippen LogP contribution in [0, 0.1) is 0 Å². The lowest BCUT2D eigenvalue weighted by atomic mass is 9.89. The van der Waals surface area contributed by atoms with Crippen molar-refractivity contribution in [3.63, 3.8) is 0 Å². The van der Waals surface area contributed by atoms with Crippen LogP contribution in [0.4, 0.5) is 0 Å². The van der Waals surface area contributed by atoms with Crippen LogP contribution in [0.15, 0.2) is 42.5 Å². The van der Waals surface area contributed by atoms with Gasteiger partial charge in [0.2, 0.25) is 0 Å². The molecule has 0 spiro atoms. The van der Waals surface area contributed by atoms with E-state index in [1.54, 1.807) is 0 Å². The molecule has 0 bridgehead atoms. The number of hydrogen-bond acceptors (Lipinski definition) is 0. The van der Waals surface area contributed by atoms with Crippen molar-refractivity contribution in [2.45, 2.75) is 64.7 Å². The van der Waals surface area contributed by atoms with E-state index in [2.05, 4.69) is 56.3 Å². The molecule has 0 nitrogen and oxygen atoms in total. The third-order valence-electron chi connectivity index (χ3n) is 4.39. The fraction of sp³-hybridized carbons (Fsp3) is 0.500. The zero-order valence-corrected chi connectivity index (χ0v) is 13.1. The summed E-state index contributed by atoms with van der Waals surface area (Å²) < 4.78 is 0. The molecule has 2 aromatic carbocycles. The van der Waals surface area contributed by atoms with Crippen molar-refractivity contribution < 1.29 is 0 Å². The van der Waals surface area contributed by atoms with Crippen LogP contribution >= 0.6 is 0 Å². The van der Waals surface area contributed by atoms with Gasteiger partial charge in [-0.3, -0.25) is 0 Å². The maximum absolute atomic E-state index is 2.40. The minimum absolute atomic E-state index is 0.737. The summed E-state index contributed by atoms with van der Waals surface area (Å²) in [5.41, 5.74) is 1.53. The molecule has 0 saturated heterocycles. The second-order valence-electron chi connectivity index (χ2n) is 5.91. The van der Waals surface area contributed by atoms with Gasteiger partial charge in [0, 0.05) is 0 Å². The molecule has 0 heteroatoms. The molecule has 0 aromatic heterocycles. The Balaban J connectivity index is 1.98. The Morgan fingerprint density at radius 3 is 2.30 bits per heavy atom. The Morgan fingerprint density at radius 2 is 1.55 bits per heavy atom. The van der Waals surface area contributed by atoms with Crippen LogP contribution in [0.3, 0.4) is 0 Å². The standard InChI is InChI=1S/C20H28/c1-3-5-6-7-8-11-17(4-2)20-15-14-18-12-9-10-13-19(18)16-20/h9-10,12-17H,3-8,11H2,1-2H3. The number of hydrogen-bond donors (Lipinski definition) is 0. The van der Waals surface area contributed by atoms with Gasteiger partial charge in [-0.15, -0.1) is 0 Å². The first-order chi connectivity index (χ1) is 9.85. The van der Waals surface area contributed by atoms with E-state index in [9.17, 15) is 0 Å². The highest BCUT2D eigenvalue weighted by molar-refractivity contribution is 5.83. The van der Waals surface area contributed by atoms with Crippen molar-refractivity contribution in [3.05, 3.63) is 48.0 Å². The minimum atomic E-state index is 0.737. The summed E-state index contributed by atoms with van der Waals surface area (Å²) in [6.07, 6.45) is 9.52. The van der Waals surface area contributed by atoms with Crippen molar-refractivity contribution in [1.29, 1.82) is 0 Å². The van der Waals surface area contributed by atoms with E-state index in [4.69, 9.17) is 0 Å². The maximum Gasteiger partial charge on any atom is -0.0164 e. The summed E-state index contributed by atoms with van der Waals surface area (Å²) in [4.78, 5) is 0. The molecule has 2 rings (SSSR count). The SMILES string of the molecule is CCCCCCCC(CC)c1ccc2ccccc2c1. The summed E-state index contributed by atoms with van der Waals surface area (Å²) in [6, 6.07) is 15.7. The fourth-order valence-electron chi connectivity index (χ4n) is 3.06. The third kappa shape index (κ3) is 4.10. The van der Waals surface area contributed by atoms with Gasteiger partial charge in [-0.1, -0.05) is 88.4 Å². The van der Waals surface area contributed by atoms with Gasteiger partial charge in [-0.05, 0) is 35.1 Å². The highest BCUT2D eigenvalue weighted by atomic mass is 14.1. The molecule has 0 aliphatic heterocycles. The monoisotopic (exact) mass is 268 g/mol. The average Bonchev–Trinajstić information content (AvgIpc) is 2.50. The largest absolute Gasteiger partial charge is 0.0654 e. The number of rotatable bonds is 8. The van der Waals surface area contributed by atoms with E-state index in [0.29, 0.717) is 0 Å². The Labute approximate surface area is 124 Å². The first kappa shape index (κ1) is 15.1. The van der Waals surface area contributed by atoms with Crippen molar-refractivity contribution in [3.8, 4) is 0 Å². The van der Waals surface area contributed by atoms with E-state index >= 15 is 0 Å². The van der Waals surface area contributed by atoms with Gasteiger partial charge in [0.15, 0.2) is 0 Å². The van der Waals surface area contributed by atoms with Gasteiger partial charge in [-0.25, -0.2) is 0 Å². The normalized spacial score (nSPS) is 12.7. The average molecular weight is 268 g/mol. The smallest absolute Gasteiger partial charge is 0.0164 e. The zero-order valence-electron chi connectivity index (χ0n) is 13.1. The first-order valence-corrected chi connectivity index (χ1v) is 8.33. The van der Waals surface area contributed by atoms with Crippen LogP contribution in [0.2, 0.25) is 0 Å². The molecule has 0 aliphatic carbocycles. The lowest BCUT2D eigenvalue weighted by Crippen LogP contribution is -1.97. The molecule has 0 radical (unpaired) electrons. The van der Waals surface area contributed by atoms with E-state index in [0.717, 1.165) is 5.92 Å². The van der Waals surface area contributed by atoms with Crippen LogP contribution < -0.4 is 0 Å². The lowest BCUT2D eigenvalue weighted by molar-refractivity contribution is 0.535. The van der Waals surface area contributed by atoms with Crippen molar-refractivity contribution in [2.24, 2.45) is 0 Å². The van der Waals surface area contributed by atoms with Crippen LogP contribution in [-0.4, -0.2) is 0 Å². The molecule has 0 fully saturated rings. The highest BCUT2D eigenvalue weighted by Gasteiger charge is 2.09. The number of fused-ring (bicyclic) bond motifs is 1. The maximum atomic E-state index is 2.40. The number of unbranched alkanes of at least 4 members (excludes halogenated alkanes) is 4. The van der Waals surface area contributed by atoms with Crippen LogP contribution in [0.1, 0.15) is 70.3 Å². The van der Waals surface area contributed by atoms with Crippen LogP contribution in [-0.2, 0) is 0 Å². The fourth-order valence-corrected chi connectivity index (χ4v) is 3.06. The Morgan fingerprint density at radius 1 is 0.800 bits per heavy atom. The molecule has 108 valence electrons. The predicted molar refractivity (Wildman–Crippen MR) is 90.4 cm³/mol. The second-order valence-corrected chi connectivity index (χ2v) is 5.91. The van der Waals surface area contributed by atoms with Crippen LogP contribution in [0.25, 0.3) is 10.8 Å². The molecule has 0 saturated carbocycles. The van der Waals surface area contributed by atoms with E-state index < -0.39 is 0 Å². The third-order valence-corrected chi connectivity index (χ3v) is 4.39.